The number of pyridine rings is 1. The smallest absolute Gasteiger partial charge is 0.126 e. The molecule has 72 valence electrons. The molecule has 4 heteroatoms. The summed E-state index contributed by atoms with van der Waals surface area (Å²) in [5, 5.41) is 12.4. The molecule has 0 aliphatic heterocycles. The van der Waals surface area contributed by atoms with Crippen LogP contribution in [0, 0.1) is 0 Å². The molecule has 0 bridgehead atoms. The third-order valence-corrected chi connectivity index (χ3v) is 1.49. The number of rotatable bonds is 3. The van der Waals surface area contributed by atoms with Crippen LogP contribution in [0.1, 0.15) is 13.8 Å². The van der Waals surface area contributed by atoms with Crippen LogP contribution in [0.2, 0.25) is 0 Å². The van der Waals surface area contributed by atoms with Gasteiger partial charge in [0, 0.05) is 6.54 Å². The maximum absolute atomic E-state index is 9.42. The van der Waals surface area contributed by atoms with Crippen molar-refractivity contribution in [3.63, 3.8) is 0 Å². The molecule has 0 atom stereocenters. The van der Waals surface area contributed by atoms with Crippen LogP contribution in [-0.2, 0) is 0 Å². The number of aliphatic hydroxyl groups is 1. The van der Waals surface area contributed by atoms with Gasteiger partial charge in [0.05, 0.1) is 17.5 Å². The molecule has 0 saturated heterocycles. The Balaban J connectivity index is 2.51. The second-order valence-electron chi connectivity index (χ2n) is 3.64. The van der Waals surface area contributed by atoms with Gasteiger partial charge in [-0.2, -0.15) is 0 Å². The molecule has 4 nitrogen and oxygen atoms in total. The lowest BCUT2D eigenvalue weighted by molar-refractivity contribution is 0.0944. The zero-order chi connectivity index (χ0) is 9.90. The van der Waals surface area contributed by atoms with Gasteiger partial charge in [0.2, 0.25) is 0 Å². The molecule has 0 radical (unpaired) electrons. The van der Waals surface area contributed by atoms with Gasteiger partial charge in [-0.25, -0.2) is 4.98 Å². The number of hydrogen-bond acceptors (Lipinski definition) is 4. The number of aromatic nitrogens is 1. The topological polar surface area (TPSA) is 71.2 Å². The van der Waals surface area contributed by atoms with E-state index in [2.05, 4.69) is 10.3 Å². The molecular formula is C9H15N3O. The fourth-order valence-electron chi connectivity index (χ4n) is 0.817. The van der Waals surface area contributed by atoms with Crippen LogP contribution >= 0.6 is 0 Å². The average molecular weight is 181 g/mol. The maximum atomic E-state index is 9.42. The number of nitrogens with zero attached hydrogens (tertiary/aromatic N) is 1. The molecule has 1 heterocycles. The summed E-state index contributed by atoms with van der Waals surface area (Å²) >= 11 is 0. The van der Waals surface area contributed by atoms with E-state index in [0.717, 1.165) is 5.82 Å². The first kappa shape index (κ1) is 9.80. The molecule has 0 unspecified atom stereocenters. The van der Waals surface area contributed by atoms with Crippen molar-refractivity contribution in [2.45, 2.75) is 19.4 Å². The van der Waals surface area contributed by atoms with Gasteiger partial charge in [-0.15, -0.1) is 0 Å². The Morgan fingerprint density at radius 3 is 2.69 bits per heavy atom. The second kappa shape index (κ2) is 3.62. The zero-order valence-corrected chi connectivity index (χ0v) is 7.91. The molecular weight excluding hydrogens is 166 g/mol. The summed E-state index contributed by atoms with van der Waals surface area (Å²) in [5.41, 5.74) is 5.37. The molecule has 0 aliphatic rings. The minimum atomic E-state index is -0.733. The van der Waals surface area contributed by atoms with Gasteiger partial charge < -0.3 is 16.2 Å². The Morgan fingerprint density at radius 2 is 2.23 bits per heavy atom. The van der Waals surface area contributed by atoms with Crippen molar-refractivity contribution < 1.29 is 5.11 Å². The fraction of sp³-hybridized carbons (Fsp3) is 0.444. The third-order valence-electron chi connectivity index (χ3n) is 1.49. The van der Waals surface area contributed by atoms with E-state index in [0.29, 0.717) is 12.2 Å². The standard InChI is InChI=1S/C9H15N3O/c1-9(2,13)6-12-8-4-3-7(10)5-11-8/h3-5,13H,6,10H2,1-2H3,(H,11,12). The number of nitrogens with two attached hydrogens (primary N) is 1. The van der Waals surface area contributed by atoms with E-state index in [1.807, 2.05) is 0 Å². The van der Waals surface area contributed by atoms with E-state index >= 15 is 0 Å². The Hall–Kier alpha value is -1.29. The number of hydrogen-bond donors (Lipinski definition) is 3. The van der Waals surface area contributed by atoms with Crippen molar-refractivity contribution in [2.24, 2.45) is 0 Å². The predicted molar refractivity (Wildman–Crippen MR) is 53.4 cm³/mol. The highest BCUT2D eigenvalue weighted by Crippen LogP contribution is 2.08. The van der Waals surface area contributed by atoms with Crippen molar-refractivity contribution in [3.05, 3.63) is 18.3 Å². The Kier molecular flexibility index (Phi) is 2.72. The summed E-state index contributed by atoms with van der Waals surface area (Å²) in [5.74, 6) is 0.719. The van der Waals surface area contributed by atoms with Gasteiger partial charge in [0.15, 0.2) is 0 Å². The fourth-order valence-corrected chi connectivity index (χ4v) is 0.817. The molecule has 0 aliphatic carbocycles. The van der Waals surface area contributed by atoms with Gasteiger partial charge in [-0.1, -0.05) is 0 Å². The molecule has 13 heavy (non-hydrogen) atoms. The molecule has 1 aromatic rings. The van der Waals surface area contributed by atoms with Crippen molar-refractivity contribution in [2.75, 3.05) is 17.6 Å². The van der Waals surface area contributed by atoms with E-state index in [1.165, 1.54) is 0 Å². The molecule has 0 saturated carbocycles. The van der Waals surface area contributed by atoms with Gasteiger partial charge in [0.1, 0.15) is 5.82 Å². The lowest BCUT2D eigenvalue weighted by Crippen LogP contribution is -2.29. The minimum absolute atomic E-state index is 0.462. The monoisotopic (exact) mass is 181 g/mol. The second-order valence-corrected chi connectivity index (χ2v) is 3.64. The lowest BCUT2D eigenvalue weighted by atomic mass is 10.1. The highest BCUT2D eigenvalue weighted by Gasteiger charge is 2.11. The minimum Gasteiger partial charge on any atom is -0.397 e. The van der Waals surface area contributed by atoms with E-state index in [4.69, 9.17) is 5.73 Å². The van der Waals surface area contributed by atoms with E-state index < -0.39 is 5.60 Å². The molecule has 1 aromatic heterocycles. The van der Waals surface area contributed by atoms with Crippen LogP contribution in [0.3, 0.4) is 0 Å². The Labute approximate surface area is 77.8 Å². The SMILES string of the molecule is CC(C)(O)CNc1ccc(N)cn1. The van der Waals surface area contributed by atoms with Crippen molar-refractivity contribution in [1.82, 2.24) is 4.98 Å². The molecule has 0 spiro atoms. The highest BCUT2D eigenvalue weighted by atomic mass is 16.3. The molecule has 4 N–H and O–H groups in total. The largest absolute Gasteiger partial charge is 0.397 e. The third kappa shape index (κ3) is 3.75. The van der Waals surface area contributed by atoms with Gasteiger partial charge >= 0.3 is 0 Å². The maximum Gasteiger partial charge on any atom is 0.126 e. The quantitative estimate of drug-likeness (QED) is 0.646. The van der Waals surface area contributed by atoms with Crippen LogP contribution in [-0.4, -0.2) is 22.2 Å². The molecule has 0 fully saturated rings. The van der Waals surface area contributed by atoms with Crippen LogP contribution in [0.25, 0.3) is 0 Å². The Morgan fingerprint density at radius 1 is 1.54 bits per heavy atom. The number of nitrogens with one attached hydrogen (secondary N) is 1. The van der Waals surface area contributed by atoms with Crippen molar-refractivity contribution in [1.29, 1.82) is 0 Å². The zero-order valence-electron chi connectivity index (χ0n) is 7.91. The first-order valence-electron chi connectivity index (χ1n) is 4.15. The first-order valence-corrected chi connectivity index (χ1v) is 4.15. The van der Waals surface area contributed by atoms with Gasteiger partial charge in [-0.05, 0) is 26.0 Å². The molecule has 0 aromatic carbocycles. The van der Waals surface area contributed by atoms with Crippen molar-refractivity contribution in [3.8, 4) is 0 Å². The average Bonchev–Trinajstić information content (AvgIpc) is 2.02. The van der Waals surface area contributed by atoms with Crippen molar-refractivity contribution >= 4 is 11.5 Å². The molecule has 0 amide bonds. The predicted octanol–water partition coefficient (Wildman–Crippen LogP) is 0.847. The summed E-state index contributed by atoms with van der Waals surface area (Å²) < 4.78 is 0. The van der Waals surface area contributed by atoms with Crippen LogP contribution < -0.4 is 11.1 Å². The first-order chi connectivity index (χ1) is 5.97. The summed E-state index contributed by atoms with van der Waals surface area (Å²) in [6.45, 7) is 3.93. The van der Waals surface area contributed by atoms with E-state index in [9.17, 15) is 5.11 Å². The molecule has 1 rings (SSSR count). The van der Waals surface area contributed by atoms with Crippen LogP contribution in [0.15, 0.2) is 18.3 Å². The highest BCUT2D eigenvalue weighted by molar-refractivity contribution is 5.43. The van der Waals surface area contributed by atoms with E-state index in [1.54, 1.807) is 32.2 Å². The summed E-state index contributed by atoms with van der Waals surface area (Å²) in [6.07, 6.45) is 1.58. The summed E-state index contributed by atoms with van der Waals surface area (Å²) in [4.78, 5) is 4.03. The summed E-state index contributed by atoms with van der Waals surface area (Å²) in [7, 11) is 0. The van der Waals surface area contributed by atoms with Gasteiger partial charge in [-0.3, -0.25) is 0 Å². The number of anilines is 2. The lowest BCUT2D eigenvalue weighted by Gasteiger charge is -2.17. The number of nitrogen functional groups attached to an aromatic ring is 1. The van der Waals surface area contributed by atoms with Crippen LogP contribution in [0.4, 0.5) is 11.5 Å². The normalized spacial score (nSPS) is 11.3. The Bertz CT molecular complexity index is 263. The van der Waals surface area contributed by atoms with Crippen LogP contribution in [0.5, 0.6) is 0 Å². The summed E-state index contributed by atoms with van der Waals surface area (Å²) in [6, 6.07) is 3.54. The van der Waals surface area contributed by atoms with E-state index in [-0.39, 0.29) is 0 Å². The van der Waals surface area contributed by atoms with Gasteiger partial charge in [0.25, 0.3) is 0 Å².